The highest BCUT2D eigenvalue weighted by molar-refractivity contribution is 5.97. The molecule has 0 amide bonds. The van der Waals surface area contributed by atoms with Crippen molar-refractivity contribution in [1.29, 1.82) is 0 Å². The number of phenols is 2. The molecule has 0 saturated heterocycles. The van der Waals surface area contributed by atoms with Gasteiger partial charge in [-0.1, -0.05) is 11.6 Å². The Kier molecular flexibility index (Phi) is 6.81. The number of carboxylic acid groups (broad SMARTS) is 2. The van der Waals surface area contributed by atoms with Crippen LogP contribution in [0.3, 0.4) is 0 Å². The van der Waals surface area contributed by atoms with Gasteiger partial charge < -0.3 is 34.3 Å². The lowest BCUT2D eigenvalue weighted by Gasteiger charge is -2.16. The zero-order valence-electron chi connectivity index (χ0n) is 18.5. The van der Waals surface area contributed by atoms with Gasteiger partial charge in [-0.25, -0.2) is 9.59 Å². The lowest BCUT2D eigenvalue weighted by atomic mass is 10.0. The molecule has 1 aromatic heterocycles. The first-order valence-electron chi connectivity index (χ1n) is 9.99. The number of benzene rings is 2. The molecule has 0 saturated carbocycles. The maximum Gasteiger partial charge on any atom is 0.356 e. The molecule has 0 spiro atoms. The number of carboxylic acids is 2. The van der Waals surface area contributed by atoms with E-state index in [0.717, 1.165) is 11.6 Å². The second kappa shape index (κ2) is 9.57. The summed E-state index contributed by atoms with van der Waals surface area (Å²) in [5.41, 5.74) is 0.195. The molecule has 1 heterocycles. The molecular weight excluding hydrogens is 448 g/mol. The third-order valence-electron chi connectivity index (χ3n) is 4.93. The number of carbonyl (C=O) groups is 2. The predicted molar refractivity (Wildman–Crippen MR) is 121 cm³/mol. The summed E-state index contributed by atoms with van der Waals surface area (Å²) in [6.07, 6.45) is -0.488. The summed E-state index contributed by atoms with van der Waals surface area (Å²) < 4.78 is 16.1. The third kappa shape index (κ3) is 4.65. The van der Waals surface area contributed by atoms with E-state index in [-0.39, 0.29) is 34.6 Å². The molecular formula is C24H22O10. The molecule has 10 heteroatoms. The molecule has 10 nitrogen and oxygen atoms in total. The molecule has 0 atom stereocenters. The van der Waals surface area contributed by atoms with E-state index in [9.17, 15) is 34.8 Å². The van der Waals surface area contributed by atoms with Crippen molar-refractivity contribution in [3.63, 3.8) is 0 Å². The Morgan fingerprint density at radius 2 is 1.68 bits per heavy atom. The molecule has 2 aromatic carbocycles. The molecule has 178 valence electrons. The standard InChI is InChI=1S/C24H22O10/c1-11(2)4-9-14-15(25)10-16(26)17-18(27)21(34-22(23(28)29)24(30)31)19(33-20(14)17)12-5-7-13(32-3)8-6-12/h4-8,10,22,25-26H,9H2,1-3H3,(H,28,29)(H,30,31). The second-order valence-corrected chi connectivity index (χ2v) is 7.58. The molecule has 0 aliphatic heterocycles. The van der Waals surface area contributed by atoms with Crippen LogP contribution < -0.4 is 14.9 Å². The van der Waals surface area contributed by atoms with Crippen LogP contribution in [0.2, 0.25) is 0 Å². The zero-order chi connectivity index (χ0) is 25.2. The van der Waals surface area contributed by atoms with Gasteiger partial charge in [-0.05, 0) is 44.5 Å². The third-order valence-corrected chi connectivity index (χ3v) is 4.93. The molecule has 0 aliphatic rings. The van der Waals surface area contributed by atoms with Gasteiger partial charge in [-0.3, -0.25) is 4.79 Å². The van der Waals surface area contributed by atoms with Gasteiger partial charge in [0.2, 0.25) is 11.2 Å². The lowest BCUT2D eigenvalue weighted by molar-refractivity contribution is -0.159. The summed E-state index contributed by atoms with van der Waals surface area (Å²) in [5, 5.41) is 38.9. The average Bonchev–Trinajstić information content (AvgIpc) is 2.77. The molecule has 0 unspecified atom stereocenters. The van der Waals surface area contributed by atoms with Crippen molar-refractivity contribution in [2.75, 3.05) is 7.11 Å². The Morgan fingerprint density at radius 1 is 1.06 bits per heavy atom. The minimum atomic E-state index is -2.42. The van der Waals surface area contributed by atoms with E-state index in [1.807, 2.05) is 13.8 Å². The number of hydrogen-bond donors (Lipinski definition) is 4. The van der Waals surface area contributed by atoms with E-state index in [1.165, 1.54) is 19.2 Å². The Morgan fingerprint density at radius 3 is 2.21 bits per heavy atom. The number of allylic oxidation sites excluding steroid dienone is 2. The van der Waals surface area contributed by atoms with Crippen LogP contribution in [0.1, 0.15) is 19.4 Å². The fourth-order valence-electron chi connectivity index (χ4n) is 3.24. The number of ether oxygens (including phenoxy) is 2. The van der Waals surface area contributed by atoms with Crippen LogP contribution in [0.25, 0.3) is 22.3 Å². The minimum absolute atomic E-state index is 0.152. The second-order valence-electron chi connectivity index (χ2n) is 7.58. The van der Waals surface area contributed by atoms with Gasteiger partial charge in [0.25, 0.3) is 6.10 Å². The van der Waals surface area contributed by atoms with Gasteiger partial charge in [-0.15, -0.1) is 0 Å². The van der Waals surface area contributed by atoms with Crippen LogP contribution in [-0.4, -0.2) is 45.6 Å². The maximum absolute atomic E-state index is 13.4. The fourth-order valence-corrected chi connectivity index (χ4v) is 3.24. The number of fused-ring (bicyclic) bond motifs is 1. The largest absolute Gasteiger partial charge is 0.507 e. The van der Waals surface area contributed by atoms with Gasteiger partial charge in [0.05, 0.1) is 7.11 Å². The Bertz CT molecular complexity index is 1330. The van der Waals surface area contributed by atoms with Crippen LogP contribution in [0.5, 0.6) is 23.0 Å². The highest BCUT2D eigenvalue weighted by atomic mass is 16.5. The normalized spacial score (nSPS) is 10.8. The smallest absolute Gasteiger partial charge is 0.356 e. The van der Waals surface area contributed by atoms with Gasteiger partial charge in [0.1, 0.15) is 28.2 Å². The van der Waals surface area contributed by atoms with Gasteiger partial charge in [-0.2, -0.15) is 0 Å². The Labute approximate surface area is 192 Å². The van der Waals surface area contributed by atoms with Crippen LogP contribution in [0.4, 0.5) is 0 Å². The zero-order valence-corrected chi connectivity index (χ0v) is 18.5. The van der Waals surface area contributed by atoms with Crippen molar-refractivity contribution in [3.05, 3.63) is 57.8 Å². The number of hydrogen-bond acceptors (Lipinski definition) is 8. The van der Waals surface area contributed by atoms with Crippen molar-refractivity contribution in [2.24, 2.45) is 0 Å². The topological polar surface area (TPSA) is 164 Å². The van der Waals surface area contributed by atoms with E-state index < -0.39 is 40.4 Å². The number of aromatic hydroxyl groups is 2. The molecule has 0 radical (unpaired) electrons. The van der Waals surface area contributed by atoms with E-state index in [4.69, 9.17) is 13.9 Å². The van der Waals surface area contributed by atoms with E-state index >= 15 is 0 Å². The maximum atomic E-state index is 13.4. The van der Waals surface area contributed by atoms with Gasteiger partial charge in [0.15, 0.2) is 5.76 Å². The Hall–Kier alpha value is -4.47. The minimum Gasteiger partial charge on any atom is -0.507 e. The molecule has 0 fully saturated rings. The fraction of sp³-hybridized carbons (Fsp3) is 0.208. The molecule has 0 bridgehead atoms. The Balaban J connectivity index is 2.41. The number of methoxy groups -OCH3 is 1. The predicted octanol–water partition coefficient (Wildman–Crippen LogP) is 3.31. The SMILES string of the molecule is COc1ccc(-c2oc3c(CC=C(C)C)c(O)cc(O)c3c(=O)c2OC(C(=O)O)C(=O)O)cc1. The van der Waals surface area contributed by atoms with Crippen LogP contribution in [0.15, 0.2) is 51.2 Å². The monoisotopic (exact) mass is 470 g/mol. The van der Waals surface area contributed by atoms with Crippen molar-refractivity contribution in [1.82, 2.24) is 0 Å². The van der Waals surface area contributed by atoms with Crippen molar-refractivity contribution >= 4 is 22.9 Å². The van der Waals surface area contributed by atoms with Crippen molar-refractivity contribution in [3.8, 4) is 34.3 Å². The first-order chi connectivity index (χ1) is 16.0. The highest BCUT2D eigenvalue weighted by Crippen LogP contribution is 2.39. The summed E-state index contributed by atoms with van der Waals surface area (Å²) in [6, 6.07) is 7.02. The molecule has 3 aromatic rings. The number of phenolic OH excluding ortho intramolecular Hbond substituents is 2. The number of rotatable bonds is 8. The van der Waals surface area contributed by atoms with Crippen LogP contribution in [0, 0.1) is 0 Å². The number of aliphatic carboxylic acids is 2. The highest BCUT2D eigenvalue weighted by Gasteiger charge is 2.32. The summed E-state index contributed by atoms with van der Waals surface area (Å²) in [7, 11) is 1.45. The van der Waals surface area contributed by atoms with E-state index in [0.29, 0.717) is 5.75 Å². The van der Waals surface area contributed by atoms with Crippen molar-refractivity contribution in [2.45, 2.75) is 26.4 Å². The van der Waals surface area contributed by atoms with Gasteiger partial charge >= 0.3 is 11.9 Å². The summed E-state index contributed by atoms with van der Waals surface area (Å²) in [5.74, 6) is -5.18. The van der Waals surface area contributed by atoms with Crippen LogP contribution >= 0.6 is 0 Å². The first kappa shape index (κ1) is 24.2. The van der Waals surface area contributed by atoms with E-state index in [1.54, 1.807) is 18.2 Å². The van der Waals surface area contributed by atoms with Crippen LogP contribution in [-0.2, 0) is 16.0 Å². The summed E-state index contributed by atoms with van der Waals surface area (Å²) >= 11 is 0. The molecule has 0 aliphatic carbocycles. The molecule has 34 heavy (non-hydrogen) atoms. The summed E-state index contributed by atoms with van der Waals surface area (Å²) in [4.78, 5) is 36.2. The first-order valence-corrected chi connectivity index (χ1v) is 9.99. The average molecular weight is 470 g/mol. The molecule has 3 rings (SSSR count). The van der Waals surface area contributed by atoms with Crippen molar-refractivity contribution < 1.29 is 43.9 Å². The lowest BCUT2D eigenvalue weighted by Crippen LogP contribution is -2.36. The quantitative estimate of drug-likeness (QED) is 0.284. The summed E-state index contributed by atoms with van der Waals surface area (Å²) in [6.45, 7) is 3.67. The van der Waals surface area contributed by atoms with Gasteiger partial charge in [0, 0.05) is 17.2 Å². The van der Waals surface area contributed by atoms with E-state index in [2.05, 4.69) is 0 Å². The molecule has 4 N–H and O–H groups in total.